The zero-order valence-electron chi connectivity index (χ0n) is 12.3. The van der Waals surface area contributed by atoms with Crippen molar-refractivity contribution in [2.45, 2.75) is 25.4 Å². The first-order valence-electron chi connectivity index (χ1n) is 7.42. The van der Waals surface area contributed by atoms with Crippen molar-refractivity contribution < 1.29 is 9.84 Å². The van der Waals surface area contributed by atoms with Crippen LogP contribution in [0.4, 0.5) is 0 Å². The average Bonchev–Trinajstić information content (AvgIpc) is 3.35. The summed E-state index contributed by atoms with van der Waals surface area (Å²) in [6.07, 6.45) is 2.54. The predicted molar refractivity (Wildman–Crippen MR) is 83.4 cm³/mol. The van der Waals surface area contributed by atoms with E-state index in [-0.39, 0.29) is 0 Å². The Kier molecular flexibility index (Phi) is 4.11. The maximum Gasteiger partial charge on any atom is 0.120 e. The first kappa shape index (κ1) is 14.0. The highest BCUT2D eigenvalue weighted by Crippen LogP contribution is 2.41. The number of methoxy groups -OCH3 is 1. The van der Waals surface area contributed by atoms with E-state index in [2.05, 4.69) is 17.4 Å². The van der Waals surface area contributed by atoms with Gasteiger partial charge in [0.2, 0.25) is 0 Å². The summed E-state index contributed by atoms with van der Waals surface area (Å²) in [6.45, 7) is 0.680. The van der Waals surface area contributed by atoms with Crippen LogP contribution in [0.5, 0.6) is 11.5 Å². The molecular weight excluding hydrogens is 262 g/mol. The van der Waals surface area contributed by atoms with E-state index in [1.54, 1.807) is 13.2 Å². The number of rotatable bonds is 6. The van der Waals surface area contributed by atoms with Crippen molar-refractivity contribution >= 4 is 0 Å². The topological polar surface area (TPSA) is 41.5 Å². The highest BCUT2D eigenvalue weighted by Gasteiger charge is 2.32. The van der Waals surface area contributed by atoms with Gasteiger partial charge in [0.15, 0.2) is 0 Å². The SMILES string of the molecule is COc1ccc(C(NCc2ccccc2O)C2CC2)cc1. The Labute approximate surface area is 125 Å². The summed E-state index contributed by atoms with van der Waals surface area (Å²) in [6, 6.07) is 16.1. The molecule has 3 rings (SSSR count). The molecule has 1 fully saturated rings. The number of nitrogens with one attached hydrogen (secondary N) is 1. The smallest absolute Gasteiger partial charge is 0.120 e. The number of ether oxygens (including phenoxy) is 1. The number of benzene rings is 2. The van der Waals surface area contributed by atoms with Crippen LogP contribution in [0.1, 0.15) is 30.0 Å². The van der Waals surface area contributed by atoms with Crippen molar-refractivity contribution in [1.29, 1.82) is 0 Å². The van der Waals surface area contributed by atoms with E-state index in [0.29, 0.717) is 24.3 Å². The van der Waals surface area contributed by atoms with Gasteiger partial charge in [-0.15, -0.1) is 0 Å². The van der Waals surface area contributed by atoms with Crippen LogP contribution in [0.25, 0.3) is 0 Å². The van der Waals surface area contributed by atoms with Gasteiger partial charge in [-0.2, -0.15) is 0 Å². The lowest BCUT2D eigenvalue weighted by Gasteiger charge is -2.19. The minimum Gasteiger partial charge on any atom is -0.508 e. The molecule has 0 spiro atoms. The fourth-order valence-corrected chi connectivity index (χ4v) is 2.68. The molecule has 2 N–H and O–H groups in total. The van der Waals surface area contributed by atoms with E-state index < -0.39 is 0 Å². The lowest BCUT2D eigenvalue weighted by molar-refractivity contribution is 0.413. The van der Waals surface area contributed by atoms with E-state index in [1.165, 1.54) is 18.4 Å². The monoisotopic (exact) mass is 283 g/mol. The zero-order chi connectivity index (χ0) is 14.7. The van der Waals surface area contributed by atoms with E-state index in [9.17, 15) is 5.11 Å². The molecule has 0 radical (unpaired) electrons. The summed E-state index contributed by atoms with van der Waals surface area (Å²) in [5.74, 6) is 1.94. The predicted octanol–water partition coefficient (Wildman–Crippen LogP) is 3.64. The van der Waals surface area contributed by atoms with Crippen LogP contribution in [-0.2, 0) is 6.54 Å². The second-order valence-electron chi connectivity index (χ2n) is 5.60. The summed E-state index contributed by atoms with van der Waals surface area (Å²) in [4.78, 5) is 0. The number of phenolic OH excluding ortho intramolecular Hbond substituents is 1. The molecule has 1 atom stereocenters. The maximum atomic E-state index is 9.86. The molecule has 1 unspecified atom stereocenters. The molecule has 3 nitrogen and oxygen atoms in total. The fraction of sp³-hybridized carbons (Fsp3) is 0.333. The van der Waals surface area contributed by atoms with Gasteiger partial charge in [0.05, 0.1) is 7.11 Å². The van der Waals surface area contributed by atoms with Crippen LogP contribution < -0.4 is 10.1 Å². The molecule has 0 saturated heterocycles. The Morgan fingerprint density at radius 3 is 2.48 bits per heavy atom. The fourth-order valence-electron chi connectivity index (χ4n) is 2.68. The molecule has 0 aromatic heterocycles. The number of aromatic hydroxyl groups is 1. The molecule has 1 aliphatic carbocycles. The Hall–Kier alpha value is -2.00. The number of phenols is 1. The Morgan fingerprint density at radius 1 is 1.14 bits per heavy atom. The second-order valence-corrected chi connectivity index (χ2v) is 5.60. The van der Waals surface area contributed by atoms with E-state index in [1.807, 2.05) is 30.3 Å². The first-order chi connectivity index (χ1) is 10.3. The summed E-state index contributed by atoms with van der Waals surface area (Å²) in [5.41, 5.74) is 2.23. The summed E-state index contributed by atoms with van der Waals surface area (Å²) in [5, 5.41) is 13.5. The lowest BCUT2D eigenvalue weighted by Crippen LogP contribution is -2.22. The van der Waals surface area contributed by atoms with Gasteiger partial charge in [0.1, 0.15) is 11.5 Å². The van der Waals surface area contributed by atoms with Crippen LogP contribution in [0.2, 0.25) is 0 Å². The molecule has 110 valence electrons. The van der Waals surface area contributed by atoms with E-state index in [4.69, 9.17) is 4.74 Å². The third-order valence-electron chi connectivity index (χ3n) is 4.07. The lowest BCUT2D eigenvalue weighted by atomic mass is 10.0. The van der Waals surface area contributed by atoms with E-state index >= 15 is 0 Å². The van der Waals surface area contributed by atoms with Gasteiger partial charge in [-0.25, -0.2) is 0 Å². The van der Waals surface area contributed by atoms with Crippen LogP contribution in [0.3, 0.4) is 0 Å². The van der Waals surface area contributed by atoms with Crippen LogP contribution in [0, 0.1) is 5.92 Å². The van der Waals surface area contributed by atoms with Crippen LogP contribution in [0.15, 0.2) is 48.5 Å². The molecular formula is C18H21NO2. The van der Waals surface area contributed by atoms with Gasteiger partial charge in [-0.3, -0.25) is 0 Å². The molecule has 0 amide bonds. The summed E-state index contributed by atoms with van der Waals surface area (Å²) >= 11 is 0. The van der Waals surface area contributed by atoms with Crippen molar-refractivity contribution in [2.75, 3.05) is 7.11 Å². The minimum absolute atomic E-state index is 0.343. The Balaban J connectivity index is 1.71. The molecule has 21 heavy (non-hydrogen) atoms. The molecule has 2 aromatic carbocycles. The molecule has 3 heteroatoms. The quantitative estimate of drug-likeness (QED) is 0.850. The molecule has 0 heterocycles. The maximum absolute atomic E-state index is 9.86. The third-order valence-corrected chi connectivity index (χ3v) is 4.07. The normalized spacial score (nSPS) is 15.7. The van der Waals surface area contributed by atoms with Gasteiger partial charge in [-0.1, -0.05) is 30.3 Å². The van der Waals surface area contributed by atoms with Crippen molar-refractivity contribution in [2.24, 2.45) is 5.92 Å². The van der Waals surface area contributed by atoms with Crippen molar-refractivity contribution in [3.05, 3.63) is 59.7 Å². The molecule has 2 aromatic rings. The average molecular weight is 283 g/mol. The second kappa shape index (κ2) is 6.19. The Bertz CT molecular complexity index is 590. The first-order valence-corrected chi connectivity index (χ1v) is 7.42. The van der Waals surface area contributed by atoms with Gasteiger partial charge in [-0.05, 0) is 42.5 Å². The van der Waals surface area contributed by atoms with Gasteiger partial charge in [0, 0.05) is 18.2 Å². The zero-order valence-corrected chi connectivity index (χ0v) is 12.3. The van der Waals surface area contributed by atoms with Crippen molar-refractivity contribution in [3.8, 4) is 11.5 Å². The number of hydrogen-bond acceptors (Lipinski definition) is 3. The molecule has 0 aliphatic heterocycles. The molecule has 1 aliphatic rings. The minimum atomic E-state index is 0.343. The number of hydrogen-bond donors (Lipinski definition) is 2. The van der Waals surface area contributed by atoms with Gasteiger partial charge < -0.3 is 15.2 Å². The highest BCUT2D eigenvalue weighted by atomic mass is 16.5. The van der Waals surface area contributed by atoms with Crippen molar-refractivity contribution in [3.63, 3.8) is 0 Å². The largest absolute Gasteiger partial charge is 0.508 e. The third kappa shape index (κ3) is 3.37. The van der Waals surface area contributed by atoms with Crippen LogP contribution in [-0.4, -0.2) is 12.2 Å². The summed E-state index contributed by atoms with van der Waals surface area (Å²) in [7, 11) is 1.68. The van der Waals surface area contributed by atoms with Crippen molar-refractivity contribution in [1.82, 2.24) is 5.32 Å². The molecule has 1 saturated carbocycles. The van der Waals surface area contributed by atoms with Crippen LogP contribution >= 0.6 is 0 Å². The molecule has 0 bridgehead atoms. The summed E-state index contributed by atoms with van der Waals surface area (Å²) < 4.78 is 5.22. The van der Waals surface area contributed by atoms with E-state index in [0.717, 1.165) is 11.3 Å². The highest BCUT2D eigenvalue weighted by molar-refractivity contribution is 5.33. The standard InChI is InChI=1S/C18H21NO2/c1-21-16-10-8-14(9-11-16)18(13-6-7-13)19-12-15-4-2-3-5-17(15)20/h2-5,8-11,13,18-20H,6-7,12H2,1H3. The van der Waals surface area contributed by atoms with Gasteiger partial charge in [0.25, 0.3) is 0 Å². The number of para-hydroxylation sites is 1. The van der Waals surface area contributed by atoms with Gasteiger partial charge >= 0.3 is 0 Å². The Morgan fingerprint density at radius 2 is 1.86 bits per heavy atom.